The lowest BCUT2D eigenvalue weighted by Crippen LogP contribution is -2.47. The van der Waals surface area contributed by atoms with E-state index in [0.29, 0.717) is 32.7 Å². The van der Waals surface area contributed by atoms with Crippen LogP contribution in [0.5, 0.6) is 0 Å². The Morgan fingerprint density at radius 2 is 1.95 bits per heavy atom. The third-order valence-corrected chi connectivity index (χ3v) is 4.66. The van der Waals surface area contributed by atoms with E-state index < -0.39 is 15.8 Å². The largest absolute Gasteiger partial charge is 0.296 e. The van der Waals surface area contributed by atoms with Crippen LogP contribution >= 0.6 is 0 Å². The summed E-state index contributed by atoms with van der Waals surface area (Å²) in [6.07, 6.45) is 1.21. The number of hydrogen-bond acceptors (Lipinski definition) is 4. The van der Waals surface area contributed by atoms with Gasteiger partial charge in [-0.3, -0.25) is 4.90 Å². The van der Waals surface area contributed by atoms with Crippen molar-refractivity contribution < 1.29 is 12.8 Å². The molecule has 108 valence electrons. The molecular formula is C13H16FN3O2S. The molecule has 1 aromatic rings. The van der Waals surface area contributed by atoms with Crippen LogP contribution < -0.4 is 0 Å². The van der Waals surface area contributed by atoms with Crippen LogP contribution in [0, 0.1) is 17.1 Å². The second-order valence-corrected chi connectivity index (χ2v) is 6.85. The molecule has 20 heavy (non-hydrogen) atoms. The highest BCUT2D eigenvalue weighted by molar-refractivity contribution is 7.88. The van der Waals surface area contributed by atoms with E-state index in [9.17, 15) is 12.8 Å². The topological polar surface area (TPSA) is 64.4 Å². The Kier molecular flexibility index (Phi) is 4.38. The summed E-state index contributed by atoms with van der Waals surface area (Å²) in [6.45, 7) is 2.78. The van der Waals surface area contributed by atoms with Gasteiger partial charge in [-0.2, -0.15) is 9.57 Å². The normalized spacial score (nSPS) is 17.9. The van der Waals surface area contributed by atoms with Gasteiger partial charge >= 0.3 is 0 Å². The molecular weight excluding hydrogens is 281 g/mol. The smallest absolute Gasteiger partial charge is 0.211 e. The number of nitrogens with zero attached hydrogens (tertiary/aromatic N) is 3. The molecule has 5 nitrogen and oxygen atoms in total. The second-order valence-electron chi connectivity index (χ2n) is 4.86. The summed E-state index contributed by atoms with van der Waals surface area (Å²) in [5.74, 6) is -0.516. The molecule has 0 saturated carbocycles. The molecule has 0 atom stereocenters. The second kappa shape index (κ2) is 5.87. The lowest BCUT2D eigenvalue weighted by atomic mass is 10.1. The fourth-order valence-electron chi connectivity index (χ4n) is 2.23. The Hall–Kier alpha value is -1.49. The molecule has 1 fully saturated rings. The molecule has 0 aromatic heterocycles. The van der Waals surface area contributed by atoms with Crippen molar-refractivity contribution in [2.45, 2.75) is 6.54 Å². The van der Waals surface area contributed by atoms with Crippen molar-refractivity contribution in [1.82, 2.24) is 9.21 Å². The van der Waals surface area contributed by atoms with E-state index in [1.807, 2.05) is 6.07 Å². The number of rotatable bonds is 3. The van der Waals surface area contributed by atoms with Crippen LogP contribution in [-0.4, -0.2) is 50.1 Å². The fourth-order valence-corrected chi connectivity index (χ4v) is 3.06. The first kappa shape index (κ1) is 14.9. The number of hydrogen-bond donors (Lipinski definition) is 0. The lowest BCUT2D eigenvalue weighted by molar-refractivity contribution is 0.182. The maximum absolute atomic E-state index is 13.2. The molecule has 0 radical (unpaired) electrons. The summed E-state index contributed by atoms with van der Waals surface area (Å²) in [7, 11) is -3.12. The van der Waals surface area contributed by atoms with Gasteiger partial charge in [-0.15, -0.1) is 0 Å². The van der Waals surface area contributed by atoms with Gasteiger partial charge in [0.2, 0.25) is 10.0 Å². The molecule has 0 N–H and O–H groups in total. The van der Waals surface area contributed by atoms with E-state index >= 15 is 0 Å². The van der Waals surface area contributed by atoms with E-state index in [4.69, 9.17) is 5.26 Å². The first-order chi connectivity index (χ1) is 9.40. The van der Waals surface area contributed by atoms with Gasteiger partial charge in [0.05, 0.1) is 11.8 Å². The maximum Gasteiger partial charge on any atom is 0.211 e. The van der Waals surface area contributed by atoms with E-state index in [1.165, 1.54) is 22.7 Å². The van der Waals surface area contributed by atoms with Crippen molar-refractivity contribution in [2.75, 3.05) is 32.4 Å². The van der Waals surface area contributed by atoms with Crippen molar-refractivity contribution >= 4 is 10.0 Å². The summed E-state index contributed by atoms with van der Waals surface area (Å²) in [5, 5.41) is 8.80. The average molecular weight is 297 g/mol. The van der Waals surface area contributed by atoms with E-state index in [0.717, 1.165) is 5.56 Å². The summed E-state index contributed by atoms with van der Waals surface area (Å²) in [6, 6.07) is 6.30. The molecule has 0 amide bonds. The van der Waals surface area contributed by atoms with Crippen molar-refractivity contribution in [3.8, 4) is 6.07 Å². The highest BCUT2D eigenvalue weighted by atomic mass is 32.2. The number of benzene rings is 1. The standard InChI is InChI=1S/C13H16FN3O2S/c1-20(18,19)17-6-4-16(5-7-17)10-11-2-3-13(14)12(8-11)9-15/h2-3,8H,4-7,10H2,1H3. The number of nitriles is 1. The van der Waals surface area contributed by atoms with E-state index in [-0.39, 0.29) is 5.56 Å². The van der Waals surface area contributed by atoms with Gasteiger partial charge < -0.3 is 0 Å². The zero-order valence-corrected chi connectivity index (χ0v) is 12.0. The zero-order chi connectivity index (χ0) is 14.8. The molecule has 1 aromatic carbocycles. The minimum Gasteiger partial charge on any atom is -0.296 e. The Morgan fingerprint density at radius 3 is 2.50 bits per heavy atom. The van der Waals surface area contributed by atoms with Crippen LogP contribution in [0.1, 0.15) is 11.1 Å². The summed E-state index contributed by atoms with van der Waals surface area (Å²) < 4.78 is 37.5. The molecule has 1 saturated heterocycles. The van der Waals surface area contributed by atoms with Crippen LogP contribution in [0.3, 0.4) is 0 Å². The van der Waals surface area contributed by atoms with Crippen LogP contribution in [0.25, 0.3) is 0 Å². The first-order valence-electron chi connectivity index (χ1n) is 6.26. The lowest BCUT2D eigenvalue weighted by Gasteiger charge is -2.33. The monoisotopic (exact) mass is 297 g/mol. The summed E-state index contributed by atoms with van der Waals surface area (Å²) in [4.78, 5) is 2.09. The zero-order valence-electron chi connectivity index (χ0n) is 11.2. The van der Waals surface area contributed by atoms with Crippen molar-refractivity contribution in [3.05, 3.63) is 35.1 Å². The number of halogens is 1. The predicted octanol–water partition coefficient (Wildman–Crippen LogP) is 0.775. The third-order valence-electron chi connectivity index (χ3n) is 3.36. The SMILES string of the molecule is CS(=O)(=O)N1CCN(Cc2ccc(F)c(C#N)c2)CC1. The van der Waals surface area contributed by atoms with Gasteiger partial charge in [0, 0.05) is 32.7 Å². The Labute approximate surface area is 118 Å². The van der Waals surface area contributed by atoms with Gasteiger partial charge in [0.25, 0.3) is 0 Å². The van der Waals surface area contributed by atoms with Gasteiger partial charge in [-0.05, 0) is 17.7 Å². The summed E-state index contributed by atoms with van der Waals surface area (Å²) >= 11 is 0. The Bertz CT molecular complexity index is 632. The Morgan fingerprint density at radius 1 is 1.30 bits per heavy atom. The molecule has 1 aliphatic heterocycles. The van der Waals surface area contributed by atoms with Gasteiger partial charge in [0.15, 0.2) is 0 Å². The number of sulfonamides is 1. The molecule has 1 heterocycles. The van der Waals surface area contributed by atoms with Crippen molar-refractivity contribution in [1.29, 1.82) is 5.26 Å². The minimum atomic E-state index is -3.12. The van der Waals surface area contributed by atoms with Crippen molar-refractivity contribution in [3.63, 3.8) is 0 Å². The molecule has 0 bridgehead atoms. The van der Waals surface area contributed by atoms with E-state index in [2.05, 4.69) is 4.90 Å². The quantitative estimate of drug-likeness (QED) is 0.827. The minimum absolute atomic E-state index is 0.0391. The van der Waals surface area contributed by atoms with Crippen molar-refractivity contribution in [2.24, 2.45) is 0 Å². The third kappa shape index (κ3) is 3.54. The maximum atomic E-state index is 13.2. The molecule has 0 aliphatic carbocycles. The molecule has 0 unspecified atom stereocenters. The average Bonchev–Trinajstić information content (AvgIpc) is 2.40. The van der Waals surface area contributed by atoms with Gasteiger partial charge in [0.1, 0.15) is 11.9 Å². The van der Waals surface area contributed by atoms with Crippen LogP contribution in [-0.2, 0) is 16.6 Å². The fraction of sp³-hybridized carbons (Fsp3) is 0.462. The molecule has 7 heteroatoms. The highest BCUT2D eigenvalue weighted by Crippen LogP contribution is 2.14. The Balaban J connectivity index is 1.98. The molecule has 2 rings (SSSR count). The van der Waals surface area contributed by atoms with E-state index in [1.54, 1.807) is 6.07 Å². The van der Waals surface area contributed by atoms with Crippen LogP contribution in [0.15, 0.2) is 18.2 Å². The molecule has 1 aliphatic rings. The van der Waals surface area contributed by atoms with Gasteiger partial charge in [-0.25, -0.2) is 12.8 Å². The first-order valence-corrected chi connectivity index (χ1v) is 8.11. The highest BCUT2D eigenvalue weighted by Gasteiger charge is 2.23. The predicted molar refractivity (Wildman–Crippen MR) is 72.8 cm³/mol. The molecule has 0 spiro atoms. The van der Waals surface area contributed by atoms with Crippen LogP contribution in [0.2, 0.25) is 0 Å². The summed E-state index contributed by atoms with van der Waals surface area (Å²) in [5.41, 5.74) is 0.896. The van der Waals surface area contributed by atoms with Gasteiger partial charge in [-0.1, -0.05) is 6.07 Å². The van der Waals surface area contributed by atoms with Crippen LogP contribution in [0.4, 0.5) is 4.39 Å². The number of piperazine rings is 1.